The molecular weight excluding hydrogens is 300 g/mol. The summed E-state index contributed by atoms with van der Waals surface area (Å²) in [5.74, 6) is 0.624. The number of benzene rings is 1. The zero-order chi connectivity index (χ0) is 15.7. The molecule has 0 fully saturated rings. The second-order valence-corrected chi connectivity index (χ2v) is 7.35. The van der Waals surface area contributed by atoms with E-state index in [9.17, 15) is 8.42 Å². The SMILES string of the molecule is Cc1cnc(C(C)NS(=O)(=O)N2CCc3ccccc3C2)[nH]1. The van der Waals surface area contributed by atoms with E-state index in [1.807, 2.05) is 25.1 Å². The Bertz CT molecular complexity index is 769. The number of nitrogens with zero attached hydrogens (tertiary/aromatic N) is 2. The number of fused-ring (bicyclic) bond motifs is 1. The number of nitrogens with one attached hydrogen (secondary N) is 2. The molecule has 0 bridgehead atoms. The van der Waals surface area contributed by atoms with Crippen molar-refractivity contribution in [3.63, 3.8) is 0 Å². The van der Waals surface area contributed by atoms with Crippen molar-refractivity contribution >= 4 is 10.2 Å². The zero-order valence-corrected chi connectivity index (χ0v) is 13.5. The Morgan fingerprint density at radius 1 is 1.32 bits per heavy atom. The first-order valence-electron chi connectivity index (χ1n) is 7.31. The molecule has 118 valence electrons. The molecule has 2 N–H and O–H groups in total. The highest BCUT2D eigenvalue weighted by Gasteiger charge is 2.28. The number of aromatic nitrogens is 2. The van der Waals surface area contributed by atoms with Crippen molar-refractivity contribution < 1.29 is 8.42 Å². The van der Waals surface area contributed by atoms with Crippen molar-refractivity contribution in [2.24, 2.45) is 0 Å². The molecule has 1 unspecified atom stereocenters. The van der Waals surface area contributed by atoms with Crippen molar-refractivity contribution in [3.05, 3.63) is 53.1 Å². The fourth-order valence-electron chi connectivity index (χ4n) is 2.68. The Hall–Kier alpha value is -1.70. The van der Waals surface area contributed by atoms with Gasteiger partial charge >= 0.3 is 0 Å². The second kappa shape index (κ2) is 5.83. The molecule has 1 aliphatic rings. The number of aromatic amines is 1. The predicted octanol–water partition coefficient (Wildman–Crippen LogP) is 1.67. The summed E-state index contributed by atoms with van der Waals surface area (Å²) in [5, 5.41) is 0. The van der Waals surface area contributed by atoms with Gasteiger partial charge in [-0.15, -0.1) is 0 Å². The summed E-state index contributed by atoms with van der Waals surface area (Å²) in [6.45, 7) is 4.58. The van der Waals surface area contributed by atoms with Gasteiger partial charge in [0.2, 0.25) is 0 Å². The van der Waals surface area contributed by atoms with Gasteiger partial charge in [0.1, 0.15) is 5.82 Å². The second-order valence-electron chi connectivity index (χ2n) is 5.65. The molecule has 2 aromatic rings. The minimum absolute atomic E-state index is 0.393. The highest BCUT2D eigenvalue weighted by Crippen LogP contribution is 2.21. The van der Waals surface area contributed by atoms with Crippen molar-refractivity contribution in [1.82, 2.24) is 19.0 Å². The lowest BCUT2D eigenvalue weighted by Crippen LogP contribution is -2.44. The van der Waals surface area contributed by atoms with Crippen LogP contribution in [0.25, 0.3) is 0 Å². The number of hydrogen-bond donors (Lipinski definition) is 2. The number of aryl methyl sites for hydroxylation is 1. The highest BCUT2D eigenvalue weighted by molar-refractivity contribution is 7.87. The number of H-pyrrole nitrogens is 1. The fraction of sp³-hybridized carbons (Fsp3) is 0.400. The average Bonchev–Trinajstić information content (AvgIpc) is 2.93. The standard InChI is InChI=1S/C15H20N4O2S/c1-11-9-16-15(17-11)12(2)18-22(20,21)19-8-7-13-5-3-4-6-14(13)10-19/h3-6,9,12,18H,7-8,10H2,1-2H3,(H,16,17). The van der Waals surface area contributed by atoms with Crippen LogP contribution in [0.5, 0.6) is 0 Å². The van der Waals surface area contributed by atoms with Crippen LogP contribution in [0.4, 0.5) is 0 Å². The molecule has 0 spiro atoms. The molecular formula is C15H20N4O2S. The molecule has 0 amide bonds. The molecule has 3 rings (SSSR count). The van der Waals surface area contributed by atoms with Gasteiger partial charge in [0.05, 0.1) is 6.04 Å². The Kier molecular flexibility index (Phi) is 4.03. The quantitative estimate of drug-likeness (QED) is 0.899. The van der Waals surface area contributed by atoms with Gasteiger partial charge in [-0.05, 0) is 31.4 Å². The number of rotatable bonds is 4. The van der Waals surface area contributed by atoms with Crippen LogP contribution in [0.15, 0.2) is 30.5 Å². The van der Waals surface area contributed by atoms with E-state index in [2.05, 4.69) is 20.8 Å². The first-order valence-corrected chi connectivity index (χ1v) is 8.75. The van der Waals surface area contributed by atoms with E-state index in [4.69, 9.17) is 0 Å². The monoisotopic (exact) mass is 320 g/mol. The van der Waals surface area contributed by atoms with Crippen molar-refractivity contribution in [2.45, 2.75) is 32.9 Å². The molecule has 0 radical (unpaired) electrons. The van der Waals surface area contributed by atoms with Crippen molar-refractivity contribution in [2.75, 3.05) is 6.54 Å². The van der Waals surface area contributed by atoms with Gasteiger partial charge in [-0.1, -0.05) is 24.3 Å². The molecule has 22 heavy (non-hydrogen) atoms. The van der Waals surface area contributed by atoms with Crippen LogP contribution in [0, 0.1) is 6.92 Å². The molecule has 7 heteroatoms. The molecule has 1 aromatic carbocycles. The molecule has 1 aromatic heterocycles. The largest absolute Gasteiger partial charge is 0.345 e. The van der Waals surface area contributed by atoms with E-state index < -0.39 is 16.3 Å². The van der Waals surface area contributed by atoms with E-state index >= 15 is 0 Å². The maximum Gasteiger partial charge on any atom is 0.280 e. The first-order chi connectivity index (χ1) is 10.5. The minimum atomic E-state index is -3.54. The van der Waals surface area contributed by atoms with E-state index in [-0.39, 0.29) is 0 Å². The molecule has 6 nitrogen and oxygen atoms in total. The van der Waals surface area contributed by atoms with Crippen LogP contribution < -0.4 is 4.72 Å². The summed E-state index contributed by atoms with van der Waals surface area (Å²) in [6.07, 6.45) is 2.43. The first kappa shape index (κ1) is 15.2. The summed E-state index contributed by atoms with van der Waals surface area (Å²) in [6, 6.07) is 7.58. The summed E-state index contributed by atoms with van der Waals surface area (Å²) in [4.78, 5) is 7.24. The van der Waals surface area contributed by atoms with E-state index in [0.717, 1.165) is 17.7 Å². The van der Waals surface area contributed by atoms with Gasteiger partial charge in [-0.3, -0.25) is 0 Å². The van der Waals surface area contributed by atoms with Crippen molar-refractivity contribution in [3.8, 4) is 0 Å². The summed E-state index contributed by atoms with van der Waals surface area (Å²) >= 11 is 0. The lowest BCUT2D eigenvalue weighted by molar-refractivity contribution is 0.379. The Balaban J connectivity index is 1.74. The van der Waals surface area contributed by atoms with E-state index in [1.54, 1.807) is 13.1 Å². The van der Waals surface area contributed by atoms with Gasteiger partial charge in [0.15, 0.2) is 0 Å². The van der Waals surface area contributed by atoms with E-state index in [1.165, 1.54) is 9.87 Å². The Morgan fingerprint density at radius 3 is 2.73 bits per heavy atom. The van der Waals surface area contributed by atoms with Gasteiger partial charge in [-0.25, -0.2) is 4.98 Å². The lowest BCUT2D eigenvalue weighted by Gasteiger charge is -2.29. The van der Waals surface area contributed by atoms with Crippen LogP contribution in [0.3, 0.4) is 0 Å². The predicted molar refractivity (Wildman–Crippen MR) is 84.4 cm³/mol. The topological polar surface area (TPSA) is 78.1 Å². The zero-order valence-electron chi connectivity index (χ0n) is 12.7. The van der Waals surface area contributed by atoms with Crippen LogP contribution in [-0.2, 0) is 23.2 Å². The van der Waals surface area contributed by atoms with Gasteiger partial charge in [0, 0.05) is 25.0 Å². The van der Waals surface area contributed by atoms with Crippen LogP contribution in [0.1, 0.15) is 35.6 Å². The maximum absolute atomic E-state index is 12.6. The maximum atomic E-state index is 12.6. The third kappa shape index (κ3) is 3.06. The van der Waals surface area contributed by atoms with Crippen molar-refractivity contribution in [1.29, 1.82) is 0 Å². The molecule has 2 heterocycles. The molecule has 1 aliphatic heterocycles. The van der Waals surface area contributed by atoms with Crippen LogP contribution >= 0.6 is 0 Å². The lowest BCUT2D eigenvalue weighted by atomic mass is 10.0. The van der Waals surface area contributed by atoms with Gasteiger partial charge < -0.3 is 4.98 Å². The molecule has 0 saturated heterocycles. The Morgan fingerprint density at radius 2 is 2.05 bits per heavy atom. The molecule has 0 aliphatic carbocycles. The minimum Gasteiger partial charge on any atom is -0.345 e. The Labute approximate surface area is 130 Å². The van der Waals surface area contributed by atoms with Crippen LogP contribution in [0.2, 0.25) is 0 Å². The third-order valence-electron chi connectivity index (χ3n) is 3.89. The normalized spacial score (nSPS) is 17.2. The smallest absolute Gasteiger partial charge is 0.280 e. The van der Waals surface area contributed by atoms with E-state index in [0.29, 0.717) is 18.9 Å². The highest BCUT2D eigenvalue weighted by atomic mass is 32.2. The summed E-state index contributed by atoms with van der Waals surface area (Å²) in [5.41, 5.74) is 3.21. The molecule has 1 atom stereocenters. The third-order valence-corrected chi connectivity index (χ3v) is 5.54. The summed E-state index contributed by atoms with van der Waals surface area (Å²) < 4.78 is 29.3. The fourth-order valence-corrected chi connectivity index (χ4v) is 4.03. The summed E-state index contributed by atoms with van der Waals surface area (Å²) in [7, 11) is -3.54. The van der Waals surface area contributed by atoms with Gasteiger partial charge in [-0.2, -0.15) is 17.4 Å². The van der Waals surface area contributed by atoms with Crippen LogP contribution in [-0.4, -0.2) is 29.2 Å². The molecule has 0 saturated carbocycles. The average molecular weight is 320 g/mol. The number of hydrogen-bond acceptors (Lipinski definition) is 3. The van der Waals surface area contributed by atoms with Gasteiger partial charge in [0.25, 0.3) is 10.2 Å². The number of imidazole rings is 1.